The van der Waals surface area contributed by atoms with Crippen LogP contribution in [0.3, 0.4) is 0 Å². The molecule has 4 amide bonds. The van der Waals surface area contributed by atoms with Crippen LogP contribution in [0.15, 0.2) is 54.6 Å². The van der Waals surface area contributed by atoms with E-state index in [0.29, 0.717) is 10.9 Å². The van der Waals surface area contributed by atoms with Gasteiger partial charge in [-0.3, -0.25) is 29.0 Å². The molecule has 1 unspecified atom stereocenters. The van der Waals surface area contributed by atoms with Crippen molar-refractivity contribution in [1.82, 2.24) is 15.1 Å². The summed E-state index contributed by atoms with van der Waals surface area (Å²) in [6, 6.07) is 15.5. The summed E-state index contributed by atoms with van der Waals surface area (Å²) in [5.74, 6) is -1.83. The van der Waals surface area contributed by atoms with Crippen molar-refractivity contribution in [2.75, 3.05) is 12.4 Å². The molecule has 1 atom stereocenters. The van der Waals surface area contributed by atoms with Crippen LogP contribution in [0, 0.1) is 0 Å². The lowest BCUT2D eigenvalue weighted by molar-refractivity contribution is -0.150. The number of thiocarbonyl (C=S) groups is 1. The van der Waals surface area contributed by atoms with Gasteiger partial charge < -0.3 is 5.32 Å². The Labute approximate surface area is 195 Å². The molecule has 2 aromatic rings. The second-order valence-corrected chi connectivity index (χ2v) is 9.09. The molecule has 0 bridgehead atoms. The zero-order valence-corrected chi connectivity index (χ0v) is 18.8. The first-order valence-corrected chi connectivity index (χ1v) is 11.6. The molecule has 4 rings (SSSR count). The zero-order valence-electron chi connectivity index (χ0n) is 17.2. The lowest BCUT2D eigenvalue weighted by atomic mass is 10.0. The second kappa shape index (κ2) is 9.62. The number of carbonyl (C=O) groups excluding carboxylic acids is 4. The molecule has 1 N–H and O–H groups in total. The Balaban J connectivity index is 1.35. The quantitative estimate of drug-likeness (QED) is 0.516. The third-order valence-corrected chi connectivity index (χ3v) is 6.76. The number of nitrogens with zero attached hydrogens (tertiary/aromatic N) is 2. The highest BCUT2D eigenvalue weighted by atomic mass is 32.2. The molecule has 2 heterocycles. The number of hydrogen-bond donors (Lipinski definition) is 1. The smallest absolute Gasteiger partial charge is 0.262 e. The van der Waals surface area contributed by atoms with E-state index in [9.17, 15) is 19.2 Å². The van der Waals surface area contributed by atoms with Gasteiger partial charge in [0.15, 0.2) is 0 Å². The number of thioether (sulfide) groups is 1. The predicted molar refractivity (Wildman–Crippen MR) is 125 cm³/mol. The van der Waals surface area contributed by atoms with Crippen molar-refractivity contribution < 1.29 is 19.2 Å². The van der Waals surface area contributed by atoms with Gasteiger partial charge in [-0.15, -0.1) is 0 Å². The Morgan fingerprint density at radius 2 is 1.59 bits per heavy atom. The van der Waals surface area contributed by atoms with E-state index in [1.807, 2.05) is 30.3 Å². The van der Waals surface area contributed by atoms with Gasteiger partial charge in [-0.1, -0.05) is 66.4 Å². The van der Waals surface area contributed by atoms with Gasteiger partial charge in [0, 0.05) is 13.0 Å². The summed E-state index contributed by atoms with van der Waals surface area (Å²) in [5, 5.41) is 3.12. The standard InChI is InChI=1S/C23H21N3O4S2/c27-19-11-10-18(26-20(28)16-8-4-5-9-17(16)21(26)29)22(30)25(19)14-32-23(31)24-13-12-15-6-2-1-3-7-15/h1-9,18H,10-14H2,(H,24,31). The Morgan fingerprint density at radius 1 is 0.969 bits per heavy atom. The summed E-state index contributed by atoms with van der Waals surface area (Å²) in [7, 11) is 0. The maximum atomic E-state index is 13.1. The molecule has 0 aromatic heterocycles. The molecule has 0 radical (unpaired) electrons. The van der Waals surface area contributed by atoms with Gasteiger partial charge in [-0.05, 0) is 30.5 Å². The van der Waals surface area contributed by atoms with Crippen LogP contribution in [0.4, 0.5) is 0 Å². The van der Waals surface area contributed by atoms with Crippen molar-refractivity contribution in [3.05, 3.63) is 71.3 Å². The van der Waals surface area contributed by atoms with Crippen molar-refractivity contribution >= 4 is 51.9 Å². The highest BCUT2D eigenvalue weighted by Crippen LogP contribution is 2.29. The Kier molecular flexibility index (Phi) is 6.66. The van der Waals surface area contributed by atoms with Crippen molar-refractivity contribution in [2.45, 2.75) is 25.3 Å². The summed E-state index contributed by atoms with van der Waals surface area (Å²) in [6.45, 7) is 0.634. The van der Waals surface area contributed by atoms with Gasteiger partial charge in [0.1, 0.15) is 10.4 Å². The number of carbonyl (C=O) groups is 4. The van der Waals surface area contributed by atoms with Gasteiger partial charge in [0.25, 0.3) is 17.7 Å². The highest BCUT2D eigenvalue weighted by Gasteiger charge is 2.46. The number of hydrogen-bond acceptors (Lipinski definition) is 6. The normalized spacial score (nSPS) is 18.2. The number of likely N-dealkylation sites (tertiary alicyclic amines) is 1. The summed E-state index contributed by atoms with van der Waals surface area (Å²) >= 11 is 6.50. The number of fused-ring (bicyclic) bond motifs is 1. The molecule has 32 heavy (non-hydrogen) atoms. The van der Waals surface area contributed by atoms with Gasteiger partial charge in [-0.25, -0.2) is 0 Å². The number of benzene rings is 2. The maximum absolute atomic E-state index is 13.1. The minimum absolute atomic E-state index is 0.0362. The number of imide groups is 2. The molecular formula is C23H21N3O4S2. The lowest BCUT2D eigenvalue weighted by Crippen LogP contribution is -2.56. The molecular weight excluding hydrogens is 446 g/mol. The summed E-state index contributed by atoms with van der Waals surface area (Å²) in [4.78, 5) is 53.1. The van der Waals surface area contributed by atoms with Crippen LogP contribution in [0.2, 0.25) is 0 Å². The van der Waals surface area contributed by atoms with Crippen LogP contribution < -0.4 is 5.32 Å². The van der Waals surface area contributed by atoms with E-state index in [1.54, 1.807) is 24.3 Å². The number of nitrogens with one attached hydrogen (secondary N) is 1. The number of piperidine rings is 1. The average molecular weight is 468 g/mol. The third kappa shape index (κ3) is 4.44. The molecule has 1 fully saturated rings. The van der Waals surface area contributed by atoms with Crippen LogP contribution in [-0.2, 0) is 16.0 Å². The SMILES string of the molecule is O=C1CCC(N2C(=O)c3ccccc3C2=O)C(=O)N1CSC(=S)NCCc1ccccc1. The molecule has 7 nitrogen and oxygen atoms in total. The first kappa shape index (κ1) is 22.2. The summed E-state index contributed by atoms with van der Waals surface area (Å²) < 4.78 is 0.476. The number of rotatable bonds is 6. The van der Waals surface area contributed by atoms with Gasteiger partial charge in [0.05, 0.1) is 17.0 Å². The first-order chi connectivity index (χ1) is 15.5. The average Bonchev–Trinajstić information content (AvgIpc) is 3.05. The molecule has 2 aromatic carbocycles. The van der Waals surface area contributed by atoms with E-state index in [1.165, 1.54) is 17.3 Å². The zero-order chi connectivity index (χ0) is 22.7. The summed E-state index contributed by atoms with van der Waals surface area (Å²) in [6.07, 6.45) is 1.01. The molecule has 0 aliphatic carbocycles. The topological polar surface area (TPSA) is 86.8 Å². The molecule has 164 valence electrons. The van der Waals surface area contributed by atoms with Gasteiger partial charge in [-0.2, -0.15) is 0 Å². The molecule has 2 aliphatic rings. The van der Waals surface area contributed by atoms with E-state index in [4.69, 9.17) is 12.2 Å². The molecule has 9 heteroatoms. The van der Waals surface area contributed by atoms with E-state index in [-0.39, 0.29) is 35.8 Å². The third-order valence-electron chi connectivity index (χ3n) is 5.47. The van der Waals surface area contributed by atoms with Gasteiger partial charge in [0.2, 0.25) is 5.91 Å². The Hall–Kier alpha value is -3.04. The monoisotopic (exact) mass is 467 g/mol. The predicted octanol–water partition coefficient (Wildman–Crippen LogP) is 2.61. The van der Waals surface area contributed by atoms with Crippen LogP contribution in [0.25, 0.3) is 0 Å². The maximum Gasteiger partial charge on any atom is 0.262 e. The van der Waals surface area contributed by atoms with E-state index in [2.05, 4.69) is 5.32 Å². The second-order valence-electron chi connectivity index (χ2n) is 7.46. The van der Waals surface area contributed by atoms with Crippen LogP contribution >= 0.6 is 24.0 Å². The van der Waals surface area contributed by atoms with Crippen LogP contribution in [-0.4, -0.2) is 56.2 Å². The van der Waals surface area contributed by atoms with Crippen molar-refractivity contribution in [3.8, 4) is 0 Å². The lowest BCUT2D eigenvalue weighted by Gasteiger charge is -2.34. The highest BCUT2D eigenvalue weighted by molar-refractivity contribution is 8.22. The fraction of sp³-hybridized carbons (Fsp3) is 0.261. The minimum Gasteiger partial charge on any atom is -0.371 e. The van der Waals surface area contributed by atoms with E-state index >= 15 is 0 Å². The van der Waals surface area contributed by atoms with Gasteiger partial charge >= 0.3 is 0 Å². The minimum atomic E-state index is -0.986. The Morgan fingerprint density at radius 3 is 2.25 bits per heavy atom. The van der Waals surface area contributed by atoms with Crippen LogP contribution in [0.5, 0.6) is 0 Å². The Bertz CT molecular complexity index is 1050. The molecule has 1 saturated heterocycles. The molecule has 0 spiro atoms. The van der Waals surface area contributed by atoms with Crippen molar-refractivity contribution in [1.29, 1.82) is 0 Å². The van der Waals surface area contributed by atoms with Crippen molar-refractivity contribution in [3.63, 3.8) is 0 Å². The largest absolute Gasteiger partial charge is 0.371 e. The number of amides is 4. The van der Waals surface area contributed by atoms with E-state index in [0.717, 1.165) is 16.2 Å². The fourth-order valence-electron chi connectivity index (χ4n) is 3.82. The van der Waals surface area contributed by atoms with Crippen molar-refractivity contribution in [2.24, 2.45) is 0 Å². The summed E-state index contributed by atoms with van der Waals surface area (Å²) in [5.41, 5.74) is 1.75. The molecule has 2 aliphatic heterocycles. The van der Waals surface area contributed by atoms with E-state index < -0.39 is 23.8 Å². The fourth-order valence-corrected chi connectivity index (χ4v) is 4.80. The first-order valence-electron chi connectivity index (χ1n) is 10.2. The van der Waals surface area contributed by atoms with Crippen LogP contribution in [0.1, 0.15) is 39.1 Å². The molecule has 0 saturated carbocycles.